The summed E-state index contributed by atoms with van der Waals surface area (Å²) in [6.45, 7) is 1.12. The molecule has 0 aliphatic carbocycles. The van der Waals surface area contributed by atoms with Crippen LogP contribution in [0, 0.1) is 0 Å². The molecule has 0 radical (unpaired) electrons. The summed E-state index contributed by atoms with van der Waals surface area (Å²) in [6, 6.07) is 11.0. The average Bonchev–Trinajstić information content (AvgIpc) is 2.94. The van der Waals surface area contributed by atoms with Crippen LogP contribution in [-0.4, -0.2) is 16.3 Å². The minimum absolute atomic E-state index is 0.476. The highest BCUT2D eigenvalue weighted by Crippen LogP contribution is 2.27. The number of para-hydroxylation sites is 1. The SMILES string of the molecule is c1ccc(-n2cccn2)c(C2CCCCN2)c1. The lowest BCUT2D eigenvalue weighted by Crippen LogP contribution is -2.27. The van der Waals surface area contributed by atoms with Crippen molar-refractivity contribution in [3.8, 4) is 5.69 Å². The van der Waals surface area contributed by atoms with Crippen molar-refractivity contribution >= 4 is 0 Å². The fourth-order valence-electron chi connectivity index (χ4n) is 2.52. The van der Waals surface area contributed by atoms with Crippen LogP contribution in [0.5, 0.6) is 0 Å². The van der Waals surface area contributed by atoms with Gasteiger partial charge in [0, 0.05) is 18.4 Å². The van der Waals surface area contributed by atoms with E-state index >= 15 is 0 Å². The van der Waals surface area contributed by atoms with Crippen molar-refractivity contribution in [3.05, 3.63) is 48.3 Å². The molecular formula is C14H17N3. The van der Waals surface area contributed by atoms with Crippen LogP contribution in [0.25, 0.3) is 5.69 Å². The van der Waals surface area contributed by atoms with Gasteiger partial charge in [-0.25, -0.2) is 4.68 Å². The molecule has 17 heavy (non-hydrogen) atoms. The summed E-state index contributed by atoms with van der Waals surface area (Å²) in [5.41, 5.74) is 2.55. The molecule has 1 aromatic carbocycles. The number of benzene rings is 1. The summed E-state index contributed by atoms with van der Waals surface area (Å²) < 4.78 is 1.95. The Hall–Kier alpha value is -1.61. The number of rotatable bonds is 2. The minimum Gasteiger partial charge on any atom is -0.310 e. The van der Waals surface area contributed by atoms with E-state index in [1.807, 2.05) is 23.1 Å². The normalized spacial score (nSPS) is 20.4. The topological polar surface area (TPSA) is 29.9 Å². The molecular weight excluding hydrogens is 210 g/mol. The van der Waals surface area contributed by atoms with Crippen LogP contribution in [0.1, 0.15) is 30.9 Å². The zero-order valence-corrected chi connectivity index (χ0v) is 9.84. The highest BCUT2D eigenvalue weighted by Gasteiger charge is 2.18. The Morgan fingerprint density at radius 1 is 1.18 bits per heavy atom. The van der Waals surface area contributed by atoms with Crippen molar-refractivity contribution in [2.24, 2.45) is 0 Å². The number of nitrogens with zero attached hydrogens (tertiary/aromatic N) is 2. The first-order chi connectivity index (χ1) is 8.45. The van der Waals surface area contributed by atoms with Gasteiger partial charge in [-0.3, -0.25) is 0 Å². The Bertz CT molecular complexity index is 470. The van der Waals surface area contributed by atoms with E-state index in [1.54, 1.807) is 0 Å². The van der Waals surface area contributed by atoms with Crippen molar-refractivity contribution in [2.45, 2.75) is 25.3 Å². The molecule has 2 heterocycles. The molecule has 3 nitrogen and oxygen atoms in total. The molecule has 1 fully saturated rings. The largest absolute Gasteiger partial charge is 0.310 e. The second-order valence-corrected chi connectivity index (χ2v) is 4.51. The standard InChI is InChI=1S/C14H17N3/c1-2-8-14(17-11-5-10-16-17)12(6-1)13-7-3-4-9-15-13/h1-2,5-6,8,10-11,13,15H,3-4,7,9H2. The van der Waals surface area contributed by atoms with Gasteiger partial charge in [-0.2, -0.15) is 5.10 Å². The van der Waals surface area contributed by atoms with Gasteiger partial charge < -0.3 is 5.32 Å². The molecule has 2 aromatic rings. The number of piperidine rings is 1. The first kappa shape index (κ1) is 10.5. The first-order valence-corrected chi connectivity index (χ1v) is 6.27. The van der Waals surface area contributed by atoms with Crippen molar-refractivity contribution in [3.63, 3.8) is 0 Å². The van der Waals surface area contributed by atoms with Gasteiger partial charge in [-0.15, -0.1) is 0 Å². The maximum Gasteiger partial charge on any atom is 0.0693 e. The number of hydrogen-bond donors (Lipinski definition) is 1. The molecule has 0 saturated carbocycles. The summed E-state index contributed by atoms with van der Waals surface area (Å²) in [4.78, 5) is 0. The van der Waals surface area contributed by atoms with Gasteiger partial charge in [-0.05, 0) is 37.1 Å². The predicted octanol–water partition coefficient (Wildman–Crippen LogP) is 2.69. The maximum absolute atomic E-state index is 4.33. The highest BCUT2D eigenvalue weighted by molar-refractivity contribution is 5.42. The monoisotopic (exact) mass is 227 g/mol. The Labute approximate surface area is 101 Å². The van der Waals surface area contributed by atoms with Gasteiger partial charge in [0.25, 0.3) is 0 Å². The van der Waals surface area contributed by atoms with E-state index in [1.165, 1.54) is 30.5 Å². The molecule has 88 valence electrons. The molecule has 0 bridgehead atoms. The van der Waals surface area contributed by atoms with Crippen molar-refractivity contribution in [1.82, 2.24) is 15.1 Å². The highest BCUT2D eigenvalue weighted by atomic mass is 15.3. The van der Waals surface area contributed by atoms with Gasteiger partial charge in [-0.1, -0.05) is 24.6 Å². The molecule has 3 heteroatoms. The van der Waals surface area contributed by atoms with Crippen LogP contribution in [0.3, 0.4) is 0 Å². The number of hydrogen-bond acceptors (Lipinski definition) is 2. The number of nitrogens with one attached hydrogen (secondary N) is 1. The lowest BCUT2D eigenvalue weighted by Gasteiger charge is -2.25. The Morgan fingerprint density at radius 2 is 2.12 bits per heavy atom. The van der Waals surface area contributed by atoms with Crippen LogP contribution in [0.2, 0.25) is 0 Å². The molecule has 0 amide bonds. The van der Waals surface area contributed by atoms with Crippen LogP contribution in [-0.2, 0) is 0 Å². The lowest BCUT2D eigenvalue weighted by atomic mass is 9.96. The average molecular weight is 227 g/mol. The van der Waals surface area contributed by atoms with E-state index in [-0.39, 0.29) is 0 Å². The zero-order valence-electron chi connectivity index (χ0n) is 9.84. The summed E-state index contributed by atoms with van der Waals surface area (Å²) in [5.74, 6) is 0. The molecule has 1 N–H and O–H groups in total. The first-order valence-electron chi connectivity index (χ1n) is 6.27. The fourth-order valence-corrected chi connectivity index (χ4v) is 2.52. The van der Waals surface area contributed by atoms with E-state index in [4.69, 9.17) is 0 Å². The summed E-state index contributed by atoms with van der Waals surface area (Å²) in [7, 11) is 0. The van der Waals surface area contributed by atoms with Crippen molar-refractivity contribution in [2.75, 3.05) is 6.54 Å². The van der Waals surface area contributed by atoms with Gasteiger partial charge in [0.1, 0.15) is 0 Å². The van der Waals surface area contributed by atoms with Crippen LogP contribution in [0.4, 0.5) is 0 Å². The minimum atomic E-state index is 0.476. The molecule has 0 spiro atoms. The van der Waals surface area contributed by atoms with Gasteiger partial charge >= 0.3 is 0 Å². The third-order valence-corrected chi connectivity index (χ3v) is 3.37. The van der Waals surface area contributed by atoms with Crippen LogP contribution >= 0.6 is 0 Å². The smallest absolute Gasteiger partial charge is 0.0693 e. The molecule has 1 saturated heterocycles. The van der Waals surface area contributed by atoms with E-state index in [0.29, 0.717) is 6.04 Å². The van der Waals surface area contributed by atoms with Crippen LogP contribution in [0.15, 0.2) is 42.7 Å². The maximum atomic E-state index is 4.33. The van der Waals surface area contributed by atoms with Gasteiger partial charge in [0.05, 0.1) is 5.69 Å². The third kappa shape index (κ3) is 2.11. The van der Waals surface area contributed by atoms with Crippen molar-refractivity contribution < 1.29 is 0 Å². The molecule has 1 aromatic heterocycles. The summed E-state index contributed by atoms with van der Waals surface area (Å²) >= 11 is 0. The quantitative estimate of drug-likeness (QED) is 0.854. The van der Waals surface area contributed by atoms with Crippen LogP contribution < -0.4 is 5.32 Å². The Kier molecular flexibility index (Phi) is 2.92. The summed E-state index contributed by atoms with van der Waals surface area (Å²) in [6.07, 6.45) is 7.65. The van der Waals surface area contributed by atoms with E-state index < -0.39 is 0 Å². The third-order valence-electron chi connectivity index (χ3n) is 3.37. The predicted molar refractivity (Wildman–Crippen MR) is 68.2 cm³/mol. The van der Waals surface area contributed by atoms with E-state index in [0.717, 1.165) is 6.54 Å². The Morgan fingerprint density at radius 3 is 2.88 bits per heavy atom. The van der Waals surface area contributed by atoms with E-state index in [2.05, 4.69) is 34.7 Å². The van der Waals surface area contributed by atoms with Gasteiger partial charge in [0.2, 0.25) is 0 Å². The van der Waals surface area contributed by atoms with Crippen molar-refractivity contribution in [1.29, 1.82) is 0 Å². The fraction of sp³-hybridized carbons (Fsp3) is 0.357. The zero-order chi connectivity index (χ0) is 11.5. The second-order valence-electron chi connectivity index (χ2n) is 4.51. The molecule has 1 aliphatic rings. The summed E-state index contributed by atoms with van der Waals surface area (Å²) in [5, 5.41) is 7.93. The molecule has 1 atom stereocenters. The molecule has 1 aliphatic heterocycles. The van der Waals surface area contributed by atoms with Gasteiger partial charge in [0.15, 0.2) is 0 Å². The lowest BCUT2D eigenvalue weighted by molar-refractivity contribution is 0.411. The molecule has 1 unspecified atom stereocenters. The second kappa shape index (κ2) is 4.72. The Balaban J connectivity index is 1.98. The van der Waals surface area contributed by atoms with E-state index in [9.17, 15) is 0 Å². The molecule has 3 rings (SSSR count). The number of aromatic nitrogens is 2.